The molecular weight excluding hydrogens is 363 g/mol. The van der Waals surface area contributed by atoms with E-state index in [0.717, 1.165) is 10.1 Å². The van der Waals surface area contributed by atoms with Crippen molar-refractivity contribution < 1.29 is 17.9 Å². The maximum atomic E-state index is 12.8. The second-order valence-corrected chi connectivity index (χ2v) is 5.80. The first-order chi connectivity index (χ1) is 12.9. The fraction of sp³-hybridized carbons (Fsp3) is 0.176. The molecule has 0 unspecified atom stereocenters. The number of fused-ring (bicyclic) bond motifs is 3. The van der Waals surface area contributed by atoms with Crippen LogP contribution in [-0.2, 0) is 12.7 Å². The van der Waals surface area contributed by atoms with Gasteiger partial charge in [0, 0.05) is 12.4 Å². The van der Waals surface area contributed by atoms with E-state index in [-0.39, 0.29) is 22.2 Å². The zero-order valence-electron chi connectivity index (χ0n) is 13.9. The molecule has 0 aliphatic heterocycles. The summed E-state index contributed by atoms with van der Waals surface area (Å²) in [4.78, 5) is 19.9. The Morgan fingerprint density at radius 1 is 1.15 bits per heavy atom. The van der Waals surface area contributed by atoms with Gasteiger partial charge < -0.3 is 9.30 Å². The van der Waals surface area contributed by atoms with Gasteiger partial charge in [-0.25, -0.2) is 4.98 Å². The lowest BCUT2D eigenvalue weighted by molar-refractivity contribution is -0.144. The third-order valence-corrected chi connectivity index (χ3v) is 4.07. The quantitative estimate of drug-likeness (QED) is 0.550. The van der Waals surface area contributed by atoms with Crippen molar-refractivity contribution in [2.75, 3.05) is 7.11 Å². The van der Waals surface area contributed by atoms with Crippen molar-refractivity contribution in [2.45, 2.75) is 12.7 Å². The Bertz CT molecular complexity index is 1200. The molecule has 0 spiro atoms. The second-order valence-electron chi connectivity index (χ2n) is 5.80. The van der Waals surface area contributed by atoms with Crippen LogP contribution in [0.25, 0.3) is 16.7 Å². The van der Waals surface area contributed by atoms with Gasteiger partial charge in [0.1, 0.15) is 5.75 Å². The zero-order chi connectivity index (χ0) is 19.2. The molecule has 1 aromatic carbocycles. The predicted molar refractivity (Wildman–Crippen MR) is 89.6 cm³/mol. The monoisotopic (exact) mass is 375 g/mol. The van der Waals surface area contributed by atoms with E-state index in [9.17, 15) is 18.0 Å². The third-order valence-electron chi connectivity index (χ3n) is 4.07. The minimum Gasteiger partial charge on any atom is -0.497 e. The molecular formula is C17H12F3N5O2. The molecule has 0 N–H and O–H groups in total. The predicted octanol–water partition coefficient (Wildman–Crippen LogP) is 2.51. The molecule has 3 aromatic heterocycles. The Balaban J connectivity index is 1.79. The number of halogens is 3. The molecule has 4 aromatic rings. The van der Waals surface area contributed by atoms with Gasteiger partial charge in [-0.15, -0.1) is 5.10 Å². The topological polar surface area (TPSA) is 74.3 Å². The summed E-state index contributed by atoms with van der Waals surface area (Å²) in [5, 5.41) is 3.59. The van der Waals surface area contributed by atoms with Crippen LogP contribution in [0.4, 0.5) is 13.2 Å². The van der Waals surface area contributed by atoms with E-state index in [1.165, 1.54) is 23.0 Å². The lowest BCUT2D eigenvalue weighted by Crippen LogP contribution is -2.21. The first-order valence-corrected chi connectivity index (χ1v) is 7.82. The van der Waals surface area contributed by atoms with Crippen LogP contribution in [0.2, 0.25) is 0 Å². The molecule has 0 saturated heterocycles. The summed E-state index contributed by atoms with van der Waals surface area (Å²) in [5.74, 6) is -0.824. The SMILES string of the molecule is COc1ccc(Cn2ccc3c(cnc4nc(C(F)(F)F)nn43)c2=O)cc1. The van der Waals surface area contributed by atoms with E-state index >= 15 is 0 Å². The zero-order valence-corrected chi connectivity index (χ0v) is 13.9. The van der Waals surface area contributed by atoms with Crippen LogP contribution in [0.5, 0.6) is 5.75 Å². The van der Waals surface area contributed by atoms with Gasteiger partial charge in [-0.05, 0) is 23.8 Å². The maximum absolute atomic E-state index is 12.8. The molecule has 4 rings (SSSR count). The van der Waals surface area contributed by atoms with Crippen LogP contribution in [0.15, 0.2) is 47.5 Å². The molecule has 0 radical (unpaired) electrons. The number of hydrogen-bond acceptors (Lipinski definition) is 5. The number of hydrogen-bond donors (Lipinski definition) is 0. The van der Waals surface area contributed by atoms with Crippen LogP contribution >= 0.6 is 0 Å². The van der Waals surface area contributed by atoms with Gasteiger partial charge in [-0.2, -0.15) is 22.7 Å². The molecule has 10 heteroatoms. The number of aromatic nitrogens is 5. The average molecular weight is 375 g/mol. The number of benzene rings is 1. The third kappa shape index (κ3) is 2.98. The molecule has 0 fully saturated rings. The molecule has 0 aliphatic carbocycles. The second kappa shape index (κ2) is 6.08. The Morgan fingerprint density at radius 2 is 1.89 bits per heavy atom. The van der Waals surface area contributed by atoms with Gasteiger partial charge in [-0.3, -0.25) is 4.79 Å². The maximum Gasteiger partial charge on any atom is 0.453 e. The fourth-order valence-corrected chi connectivity index (χ4v) is 2.73. The molecule has 0 aliphatic rings. The highest BCUT2D eigenvalue weighted by Gasteiger charge is 2.36. The summed E-state index contributed by atoms with van der Waals surface area (Å²) in [6.45, 7) is 0.294. The van der Waals surface area contributed by atoms with Gasteiger partial charge in [0.2, 0.25) is 0 Å². The molecule has 0 bridgehead atoms. The van der Waals surface area contributed by atoms with E-state index in [0.29, 0.717) is 12.3 Å². The minimum absolute atomic E-state index is 0.150. The highest BCUT2D eigenvalue weighted by Crippen LogP contribution is 2.26. The molecule has 27 heavy (non-hydrogen) atoms. The molecule has 7 nitrogen and oxygen atoms in total. The number of pyridine rings is 1. The Morgan fingerprint density at radius 3 is 2.56 bits per heavy atom. The van der Waals surface area contributed by atoms with Crippen molar-refractivity contribution >= 4 is 16.7 Å². The highest BCUT2D eigenvalue weighted by atomic mass is 19.4. The van der Waals surface area contributed by atoms with Crippen molar-refractivity contribution in [1.29, 1.82) is 0 Å². The molecule has 138 valence electrons. The summed E-state index contributed by atoms with van der Waals surface area (Å²) < 4.78 is 45.9. The van der Waals surface area contributed by atoms with Crippen molar-refractivity contribution in [1.82, 2.24) is 24.1 Å². The molecule has 0 saturated carbocycles. The number of nitrogens with zero attached hydrogens (tertiary/aromatic N) is 5. The van der Waals surface area contributed by atoms with Gasteiger partial charge in [0.25, 0.3) is 17.2 Å². The minimum atomic E-state index is -4.69. The van der Waals surface area contributed by atoms with Crippen LogP contribution in [0.1, 0.15) is 11.4 Å². The van der Waals surface area contributed by atoms with Gasteiger partial charge in [0.15, 0.2) is 0 Å². The van der Waals surface area contributed by atoms with Crippen LogP contribution < -0.4 is 10.3 Å². The summed E-state index contributed by atoms with van der Waals surface area (Å²) in [6, 6.07) is 8.72. The van der Waals surface area contributed by atoms with Gasteiger partial charge in [-0.1, -0.05) is 12.1 Å². The first-order valence-electron chi connectivity index (χ1n) is 7.82. The fourth-order valence-electron chi connectivity index (χ4n) is 2.73. The lowest BCUT2D eigenvalue weighted by Gasteiger charge is -2.08. The standard InChI is InChI=1S/C17H12F3N5O2/c1-27-11-4-2-10(3-5-11)9-24-7-6-13-12(14(24)26)8-21-16-22-15(17(18,19)20)23-25(13)16/h2-8H,9H2,1H3. The Hall–Kier alpha value is -3.43. The van der Waals surface area contributed by atoms with Crippen LogP contribution in [0.3, 0.4) is 0 Å². The summed E-state index contributed by atoms with van der Waals surface area (Å²) in [5.41, 5.74) is 0.687. The van der Waals surface area contributed by atoms with Gasteiger partial charge in [0.05, 0.1) is 24.6 Å². The number of ether oxygens (including phenoxy) is 1. The van der Waals surface area contributed by atoms with E-state index < -0.39 is 12.0 Å². The van der Waals surface area contributed by atoms with E-state index in [1.807, 2.05) is 12.1 Å². The lowest BCUT2D eigenvalue weighted by atomic mass is 10.2. The molecule has 0 amide bonds. The number of alkyl halides is 3. The van der Waals surface area contributed by atoms with Crippen molar-refractivity contribution in [3.05, 3.63) is 64.5 Å². The van der Waals surface area contributed by atoms with Crippen LogP contribution in [0, 0.1) is 0 Å². The van der Waals surface area contributed by atoms with Crippen LogP contribution in [-0.4, -0.2) is 31.3 Å². The normalized spacial score (nSPS) is 12.0. The van der Waals surface area contributed by atoms with E-state index in [1.54, 1.807) is 19.2 Å². The van der Waals surface area contributed by atoms with Crippen molar-refractivity contribution in [3.63, 3.8) is 0 Å². The smallest absolute Gasteiger partial charge is 0.453 e. The number of rotatable bonds is 3. The molecule has 0 atom stereocenters. The Kier molecular flexibility index (Phi) is 3.83. The number of methoxy groups -OCH3 is 1. The summed E-state index contributed by atoms with van der Waals surface area (Å²) >= 11 is 0. The molecule has 3 heterocycles. The summed E-state index contributed by atoms with van der Waals surface area (Å²) in [7, 11) is 1.56. The average Bonchev–Trinajstić information content (AvgIpc) is 3.10. The van der Waals surface area contributed by atoms with Gasteiger partial charge >= 0.3 is 6.18 Å². The van der Waals surface area contributed by atoms with Crippen molar-refractivity contribution in [2.24, 2.45) is 0 Å². The highest BCUT2D eigenvalue weighted by molar-refractivity contribution is 5.78. The summed E-state index contributed by atoms with van der Waals surface area (Å²) in [6.07, 6.45) is -1.97. The van der Waals surface area contributed by atoms with Crippen molar-refractivity contribution in [3.8, 4) is 5.75 Å². The van der Waals surface area contributed by atoms with E-state index in [2.05, 4.69) is 15.1 Å². The largest absolute Gasteiger partial charge is 0.497 e. The first kappa shape index (κ1) is 17.0. The van der Waals surface area contributed by atoms with E-state index in [4.69, 9.17) is 4.74 Å². The Labute approximate surface area is 149 Å².